The molecule has 1 heterocycles. The summed E-state index contributed by atoms with van der Waals surface area (Å²) >= 11 is 0. The van der Waals surface area contributed by atoms with E-state index in [-0.39, 0.29) is 5.41 Å². The lowest BCUT2D eigenvalue weighted by molar-refractivity contribution is 0.453. The molecule has 0 amide bonds. The van der Waals surface area contributed by atoms with Crippen molar-refractivity contribution >= 4 is 23.1 Å². The van der Waals surface area contributed by atoms with Gasteiger partial charge >= 0.3 is 0 Å². The molecule has 22 heavy (non-hydrogen) atoms. The van der Waals surface area contributed by atoms with Crippen LogP contribution in [0.3, 0.4) is 0 Å². The molecule has 3 nitrogen and oxygen atoms in total. The van der Waals surface area contributed by atoms with E-state index in [1.807, 2.05) is 20.2 Å². The molecule has 2 aromatic rings. The monoisotopic (exact) mass is 295 g/mol. The van der Waals surface area contributed by atoms with Crippen molar-refractivity contribution < 1.29 is 0 Å². The summed E-state index contributed by atoms with van der Waals surface area (Å²) < 4.78 is 0. The van der Waals surface area contributed by atoms with Crippen LogP contribution >= 0.6 is 0 Å². The number of hydrogen-bond acceptors (Lipinski definition) is 3. The van der Waals surface area contributed by atoms with Crippen LogP contribution in [0.5, 0.6) is 0 Å². The highest BCUT2D eigenvalue weighted by Crippen LogP contribution is 2.31. The normalized spacial score (nSPS) is 13.0. The van der Waals surface area contributed by atoms with Crippen molar-refractivity contribution in [2.45, 2.75) is 40.0 Å². The van der Waals surface area contributed by atoms with Gasteiger partial charge in [-0.2, -0.15) is 5.10 Å². The molecule has 0 bridgehead atoms. The van der Waals surface area contributed by atoms with Gasteiger partial charge in [0.15, 0.2) is 0 Å². The number of benzene rings is 1. The largest absolute Gasteiger partial charge is 0.273 e. The Morgan fingerprint density at radius 2 is 1.91 bits per heavy atom. The molecule has 0 saturated heterocycles. The second-order valence-corrected chi connectivity index (χ2v) is 6.72. The molecule has 0 saturated carbocycles. The number of hydrazone groups is 1. The quantitative estimate of drug-likeness (QED) is 0.599. The van der Waals surface area contributed by atoms with Gasteiger partial charge in [-0.1, -0.05) is 39.0 Å². The minimum atomic E-state index is 0.108. The lowest BCUT2D eigenvalue weighted by atomic mass is 9.84. The molecule has 0 spiro atoms. The fourth-order valence-electron chi connectivity index (χ4n) is 2.56. The first kappa shape index (κ1) is 16.2. The number of fused-ring (bicyclic) bond motifs is 1. The fraction of sp³-hybridized carbons (Fsp3) is 0.368. The van der Waals surface area contributed by atoms with E-state index in [2.05, 4.69) is 68.8 Å². The molecule has 0 N–H and O–H groups in total. The van der Waals surface area contributed by atoms with Gasteiger partial charge in [0.25, 0.3) is 0 Å². The van der Waals surface area contributed by atoms with Crippen LogP contribution < -0.4 is 0 Å². The topological polar surface area (TPSA) is 28.5 Å². The third kappa shape index (κ3) is 3.03. The highest BCUT2D eigenvalue weighted by atomic mass is 15.4. The molecular weight excluding hydrogens is 270 g/mol. The molecule has 0 aliphatic heterocycles. The van der Waals surface area contributed by atoms with Crippen LogP contribution in [0.4, 0.5) is 0 Å². The molecule has 0 radical (unpaired) electrons. The van der Waals surface area contributed by atoms with Crippen molar-refractivity contribution in [3.8, 4) is 0 Å². The van der Waals surface area contributed by atoms with Crippen LogP contribution in [0.2, 0.25) is 0 Å². The summed E-state index contributed by atoms with van der Waals surface area (Å²) in [5.74, 6) is 0. The smallest absolute Gasteiger partial charge is 0.0683 e. The van der Waals surface area contributed by atoms with Gasteiger partial charge in [0.1, 0.15) is 0 Å². The number of nitrogens with zero attached hydrogens (tertiary/aromatic N) is 3. The van der Waals surface area contributed by atoms with Crippen LogP contribution in [0.15, 0.2) is 41.3 Å². The average Bonchev–Trinajstić information content (AvgIpc) is 2.50. The summed E-state index contributed by atoms with van der Waals surface area (Å²) in [7, 11) is 1.89. The standard InChI is InChI=1S/C19H25N3/c1-13(14(2)22(7)20-6)18-11-15-9-8-10-17(19(3,4)5)16(15)12-21-18/h8-12H,6H2,1-5,7H3/b14-13+. The summed E-state index contributed by atoms with van der Waals surface area (Å²) in [6.45, 7) is 14.4. The van der Waals surface area contributed by atoms with Gasteiger partial charge in [-0.15, -0.1) is 0 Å². The number of rotatable bonds is 3. The maximum absolute atomic E-state index is 4.67. The average molecular weight is 295 g/mol. The van der Waals surface area contributed by atoms with Crippen LogP contribution in [-0.4, -0.2) is 23.8 Å². The Morgan fingerprint density at radius 3 is 2.50 bits per heavy atom. The molecule has 1 aromatic heterocycles. The Kier molecular flexibility index (Phi) is 4.36. The minimum absolute atomic E-state index is 0.108. The Bertz CT molecular complexity index is 736. The van der Waals surface area contributed by atoms with Crippen molar-refractivity contribution in [3.63, 3.8) is 0 Å². The van der Waals surface area contributed by atoms with Gasteiger partial charge in [0.2, 0.25) is 0 Å². The van der Waals surface area contributed by atoms with Crippen LogP contribution in [0.1, 0.15) is 45.9 Å². The first-order chi connectivity index (χ1) is 10.3. The van der Waals surface area contributed by atoms with Crippen molar-refractivity contribution in [1.29, 1.82) is 0 Å². The molecule has 2 rings (SSSR count). The molecule has 0 atom stereocenters. The number of allylic oxidation sites excluding steroid dienone is 2. The summed E-state index contributed by atoms with van der Waals surface area (Å²) in [5.41, 5.74) is 4.57. The van der Waals surface area contributed by atoms with E-state index in [4.69, 9.17) is 0 Å². The third-order valence-electron chi connectivity index (χ3n) is 4.20. The summed E-state index contributed by atoms with van der Waals surface area (Å²) in [6.07, 6.45) is 1.99. The predicted molar refractivity (Wildman–Crippen MR) is 96.0 cm³/mol. The zero-order valence-corrected chi connectivity index (χ0v) is 14.4. The molecule has 1 aromatic carbocycles. The third-order valence-corrected chi connectivity index (χ3v) is 4.20. The second kappa shape index (κ2) is 5.91. The zero-order chi connectivity index (χ0) is 16.5. The van der Waals surface area contributed by atoms with E-state index in [1.165, 1.54) is 16.3 Å². The minimum Gasteiger partial charge on any atom is -0.273 e. The highest BCUT2D eigenvalue weighted by molar-refractivity contribution is 5.88. The van der Waals surface area contributed by atoms with E-state index >= 15 is 0 Å². The van der Waals surface area contributed by atoms with Crippen molar-refractivity contribution in [1.82, 2.24) is 9.99 Å². The number of pyridine rings is 1. The summed E-state index contributed by atoms with van der Waals surface area (Å²) in [6, 6.07) is 8.61. The van der Waals surface area contributed by atoms with E-state index in [1.54, 1.807) is 5.01 Å². The first-order valence-corrected chi connectivity index (χ1v) is 7.53. The van der Waals surface area contributed by atoms with Crippen LogP contribution in [-0.2, 0) is 5.41 Å². The number of aromatic nitrogens is 1. The summed E-state index contributed by atoms with van der Waals surface area (Å²) in [5, 5.41) is 8.15. The molecule has 0 fully saturated rings. The van der Waals surface area contributed by atoms with Gasteiger partial charge < -0.3 is 0 Å². The SMILES string of the molecule is C=NN(C)/C(C)=C(\C)c1cc2cccc(C(C)(C)C)c2cn1. The van der Waals surface area contributed by atoms with Crippen molar-refractivity contribution in [3.05, 3.63) is 47.4 Å². The van der Waals surface area contributed by atoms with Gasteiger partial charge in [-0.05, 0) is 41.9 Å². The number of hydrogen-bond donors (Lipinski definition) is 0. The van der Waals surface area contributed by atoms with Crippen molar-refractivity contribution in [2.75, 3.05) is 7.05 Å². The highest BCUT2D eigenvalue weighted by Gasteiger charge is 2.17. The molecule has 3 heteroatoms. The second-order valence-electron chi connectivity index (χ2n) is 6.72. The zero-order valence-electron chi connectivity index (χ0n) is 14.4. The molecule has 116 valence electrons. The lowest BCUT2D eigenvalue weighted by Crippen LogP contribution is -2.12. The van der Waals surface area contributed by atoms with E-state index < -0.39 is 0 Å². The lowest BCUT2D eigenvalue weighted by Gasteiger charge is -2.21. The Morgan fingerprint density at radius 1 is 1.23 bits per heavy atom. The van der Waals surface area contributed by atoms with Crippen LogP contribution in [0, 0.1) is 0 Å². The Balaban J connectivity index is 2.60. The first-order valence-electron chi connectivity index (χ1n) is 7.53. The van der Waals surface area contributed by atoms with Crippen LogP contribution in [0.25, 0.3) is 16.3 Å². The van der Waals surface area contributed by atoms with Gasteiger partial charge in [-0.25, -0.2) is 0 Å². The van der Waals surface area contributed by atoms with E-state index in [0.717, 1.165) is 17.0 Å². The summed E-state index contributed by atoms with van der Waals surface area (Å²) in [4.78, 5) is 4.67. The van der Waals surface area contributed by atoms with Crippen molar-refractivity contribution in [2.24, 2.45) is 5.10 Å². The maximum atomic E-state index is 4.67. The predicted octanol–water partition coefficient (Wildman–Crippen LogP) is 4.83. The van der Waals surface area contributed by atoms with E-state index in [9.17, 15) is 0 Å². The van der Waals surface area contributed by atoms with E-state index in [0.29, 0.717) is 0 Å². The molecular formula is C19H25N3. The fourth-order valence-corrected chi connectivity index (χ4v) is 2.56. The van der Waals surface area contributed by atoms with Gasteiger partial charge in [-0.3, -0.25) is 9.99 Å². The Labute approximate surface area is 133 Å². The maximum Gasteiger partial charge on any atom is 0.0683 e. The molecule has 0 aliphatic carbocycles. The molecule has 0 unspecified atom stereocenters. The van der Waals surface area contributed by atoms with Gasteiger partial charge in [0, 0.05) is 31.0 Å². The van der Waals surface area contributed by atoms with Gasteiger partial charge in [0.05, 0.1) is 5.69 Å². The molecule has 0 aliphatic rings. The Hall–Kier alpha value is -2.16.